The highest BCUT2D eigenvalue weighted by Crippen LogP contribution is 2.14. The Morgan fingerprint density at radius 3 is 2.53 bits per heavy atom. The van der Waals surface area contributed by atoms with Crippen molar-refractivity contribution < 1.29 is 14.2 Å². The minimum Gasteiger partial charge on any atom is -0.396 e. The lowest BCUT2D eigenvalue weighted by molar-refractivity contribution is 0.143. The Balaban J connectivity index is 2.56. The summed E-state index contributed by atoms with van der Waals surface area (Å²) in [6.45, 7) is 2.68. The van der Waals surface area contributed by atoms with Crippen molar-refractivity contribution in [1.29, 1.82) is 0 Å². The molecule has 0 aliphatic carbocycles. The molecule has 17 heavy (non-hydrogen) atoms. The lowest BCUT2D eigenvalue weighted by Gasteiger charge is -2.22. The van der Waals surface area contributed by atoms with Gasteiger partial charge in [-0.25, -0.2) is 4.39 Å². The van der Waals surface area contributed by atoms with Crippen LogP contribution in [0.1, 0.15) is 24.9 Å². The maximum Gasteiger partial charge on any atom is 0.123 e. The van der Waals surface area contributed by atoms with Gasteiger partial charge >= 0.3 is 0 Å². The summed E-state index contributed by atoms with van der Waals surface area (Å²) in [6.07, 6.45) is 0.638. The number of hydrogen-bond donors (Lipinski definition) is 2. The monoisotopic (exact) mass is 241 g/mol. The molecule has 0 radical (unpaired) electrons. The van der Waals surface area contributed by atoms with Crippen LogP contribution >= 0.6 is 0 Å². The number of ether oxygens (including phenoxy) is 1. The second-order valence-corrected chi connectivity index (χ2v) is 4.10. The Morgan fingerprint density at radius 2 is 2.00 bits per heavy atom. The van der Waals surface area contributed by atoms with E-state index >= 15 is 0 Å². The molecule has 1 aromatic carbocycles. The van der Waals surface area contributed by atoms with Crippen LogP contribution in [-0.2, 0) is 4.74 Å². The molecule has 0 heterocycles. The number of hydrogen-bond acceptors (Lipinski definition) is 3. The third-order valence-electron chi connectivity index (χ3n) is 2.70. The molecular weight excluding hydrogens is 221 g/mol. The average Bonchev–Trinajstić information content (AvgIpc) is 2.30. The van der Waals surface area contributed by atoms with Gasteiger partial charge in [-0.05, 0) is 31.0 Å². The van der Waals surface area contributed by atoms with Crippen LogP contribution in [0, 0.1) is 5.82 Å². The van der Waals surface area contributed by atoms with E-state index in [1.54, 1.807) is 19.2 Å². The van der Waals surface area contributed by atoms with Crippen LogP contribution < -0.4 is 5.32 Å². The van der Waals surface area contributed by atoms with E-state index in [1.165, 1.54) is 12.1 Å². The van der Waals surface area contributed by atoms with Crippen molar-refractivity contribution in [2.75, 3.05) is 20.3 Å². The molecule has 0 aromatic heterocycles. The van der Waals surface area contributed by atoms with E-state index in [0.29, 0.717) is 13.0 Å². The van der Waals surface area contributed by atoms with E-state index in [1.807, 2.05) is 6.92 Å². The molecule has 1 aromatic rings. The predicted molar refractivity (Wildman–Crippen MR) is 65.3 cm³/mol. The molecule has 2 unspecified atom stereocenters. The van der Waals surface area contributed by atoms with Gasteiger partial charge < -0.3 is 15.2 Å². The van der Waals surface area contributed by atoms with Crippen molar-refractivity contribution in [2.45, 2.75) is 25.4 Å². The van der Waals surface area contributed by atoms with Gasteiger partial charge in [0.1, 0.15) is 5.82 Å². The van der Waals surface area contributed by atoms with Crippen LogP contribution in [0.4, 0.5) is 4.39 Å². The van der Waals surface area contributed by atoms with E-state index in [4.69, 9.17) is 9.84 Å². The summed E-state index contributed by atoms with van der Waals surface area (Å²) in [5.74, 6) is -0.232. The van der Waals surface area contributed by atoms with Crippen molar-refractivity contribution in [3.8, 4) is 0 Å². The van der Waals surface area contributed by atoms with E-state index in [-0.39, 0.29) is 24.5 Å². The number of aliphatic hydroxyl groups excluding tert-OH is 1. The molecule has 0 amide bonds. The Hall–Kier alpha value is -0.970. The van der Waals surface area contributed by atoms with Crippen molar-refractivity contribution >= 4 is 0 Å². The van der Waals surface area contributed by atoms with Crippen molar-refractivity contribution in [1.82, 2.24) is 5.32 Å². The summed E-state index contributed by atoms with van der Waals surface area (Å²) in [5, 5.41) is 12.3. The summed E-state index contributed by atoms with van der Waals surface area (Å²) in [6, 6.07) is 6.62. The van der Waals surface area contributed by atoms with Gasteiger partial charge in [-0.15, -0.1) is 0 Å². The second-order valence-electron chi connectivity index (χ2n) is 4.10. The number of benzene rings is 1. The second kappa shape index (κ2) is 7.37. The predicted octanol–water partition coefficient (Wildman–Crippen LogP) is 1.87. The molecule has 0 saturated carbocycles. The quantitative estimate of drug-likeness (QED) is 0.765. The topological polar surface area (TPSA) is 41.5 Å². The van der Waals surface area contributed by atoms with Crippen LogP contribution in [0.5, 0.6) is 0 Å². The van der Waals surface area contributed by atoms with E-state index in [2.05, 4.69) is 5.32 Å². The Kier molecular flexibility index (Phi) is 6.11. The van der Waals surface area contributed by atoms with Gasteiger partial charge in [-0.3, -0.25) is 0 Å². The molecule has 2 atom stereocenters. The van der Waals surface area contributed by atoms with Gasteiger partial charge in [0, 0.05) is 25.8 Å². The molecule has 0 bridgehead atoms. The summed E-state index contributed by atoms with van der Waals surface area (Å²) >= 11 is 0. The summed E-state index contributed by atoms with van der Waals surface area (Å²) in [5.41, 5.74) is 1.02. The van der Waals surface area contributed by atoms with E-state index < -0.39 is 0 Å². The highest BCUT2D eigenvalue weighted by Gasteiger charge is 2.12. The highest BCUT2D eigenvalue weighted by molar-refractivity contribution is 5.19. The first-order valence-electron chi connectivity index (χ1n) is 5.78. The number of halogens is 1. The van der Waals surface area contributed by atoms with Gasteiger partial charge in [0.25, 0.3) is 0 Å². The molecule has 96 valence electrons. The summed E-state index contributed by atoms with van der Waals surface area (Å²) < 4.78 is 17.9. The third kappa shape index (κ3) is 4.81. The zero-order valence-corrected chi connectivity index (χ0v) is 10.3. The fourth-order valence-corrected chi connectivity index (χ4v) is 1.77. The molecule has 3 nitrogen and oxygen atoms in total. The molecule has 0 saturated heterocycles. The van der Waals surface area contributed by atoms with Crippen molar-refractivity contribution in [2.24, 2.45) is 0 Å². The fourth-order valence-electron chi connectivity index (χ4n) is 1.77. The lowest BCUT2D eigenvalue weighted by Crippen LogP contribution is -2.36. The van der Waals surface area contributed by atoms with Crippen LogP contribution in [0.2, 0.25) is 0 Å². The standard InChI is InChI=1S/C13H20FNO2/c1-10(11-3-5-12(14)6-4-11)15-13(7-8-16)9-17-2/h3-6,10,13,15-16H,7-9H2,1-2H3. The van der Waals surface area contributed by atoms with Crippen LogP contribution in [0.25, 0.3) is 0 Å². The maximum absolute atomic E-state index is 12.8. The lowest BCUT2D eigenvalue weighted by atomic mass is 10.1. The number of rotatable bonds is 7. The van der Waals surface area contributed by atoms with Crippen LogP contribution in [0.3, 0.4) is 0 Å². The Bertz CT molecular complexity index is 310. The van der Waals surface area contributed by atoms with Crippen molar-refractivity contribution in [3.63, 3.8) is 0 Å². The van der Waals surface area contributed by atoms with Gasteiger partial charge in [0.05, 0.1) is 6.61 Å². The first kappa shape index (κ1) is 14.1. The van der Waals surface area contributed by atoms with Crippen LogP contribution in [-0.4, -0.2) is 31.5 Å². The fraction of sp³-hybridized carbons (Fsp3) is 0.538. The molecule has 0 aliphatic heterocycles. The molecule has 1 rings (SSSR count). The van der Waals surface area contributed by atoms with Crippen molar-refractivity contribution in [3.05, 3.63) is 35.6 Å². The number of nitrogens with one attached hydrogen (secondary N) is 1. The minimum atomic E-state index is -0.232. The number of aliphatic hydroxyl groups is 1. The van der Waals surface area contributed by atoms with Crippen LogP contribution in [0.15, 0.2) is 24.3 Å². The Labute approximate surface area is 102 Å². The minimum absolute atomic E-state index is 0.0994. The third-order valence-corrected chi connectivity index (χ3v) is 2.70. The number of methoxy groups -OCH3 is 1. The molecule has 0 fully saturated rings. The zero-order valence-electron chi connectivity index (χ0n) is 10.3. The average molecular weight is 241 g/mol. The first-order chi connectivity index (χ1) is 8.17. The summed E-state index contributed by atoms with van der Waals surface area (Å²) in [7, 11) is 1.63. The smallest absolute Gasteiger partial charge is 0.123 e. The van der Waals surface area contributed by atoms with E-state index in [0.717, 1.165) is 5.56 Å². The molecule has 2 N–H and O–H groups in total. The normalized spacial score (nSPS) is 14.6. The highest BCUT2D eigenvalue weighted by atomic mass is 19.1. The Morgan fingerprint density at radius 1 is 1.35 bits per heavy atom. The molecule has 0 spiro atoms. The molecule has 4 heteroatoms. The summed E-state index contributed by atoms with van der Waals surface area (Å²) in [4.78, 5) is 0. The van der Waals surface area contributed by atoms with Gasteiger partial charge in [0.2, 0.25) is 0 Å². The SMILES string of the molecule is COCC(CCO)NC(C)c1ccc(F)cc1. The van der Waals surface area contributed by atoms with Gasteiger partial charge in [-0.2, -0.15) is 0 Å². The van der Waals surface area contributed by atoms with E-state index in [9.17, 15) is 4.39 Å². The maximum atomic E-state index is 12.8. The largest absolute Gasteiger partial charge is 0.396 e. The first-order valence-corrected chi connectivity index (χ1v) is 5.78. The van der Waals surface area contributed by atoms with Gasteiger partial charge in [-0.1, -0.05) is 12.1 Å². The zero-order chi connectivity index (χ0) is 12.7. The molecular formula is C13H20FNO2. The van der Waals surface area contributed by atoms with Gasteiger partial charge in [0.15, 0.2) is 0 Å². The molecule has 0 aliphatic rings.